The maximum Gasteiger partial charge on any atom is 0.408 e. The van der Waals surface area contributed by atoms with Gasteiger partial charge in [-0.1, -0.05) is 15.9 Å². The Morgan fingerprint density at radius 3 is 2.67 bits per heavy atom. The molecule has 2 rings (SSSR count). The first kappa shape index (κ1) is 15.9. The third kappa shape index (κ3) is 3.79. The van der Waals surface area contributed by atoms with E-state index >= 15 is 0 Å². The van der Waals surface area contributed by atoms with Gasteiger partial charge in [-0.2, -0.15) is 0 Å². The third-order valence-electron chi connectivity index (χ3n) is 3.08. The molecular weight excluding hydrogens is 334 g/mol. The molecule has 0 aliphatic carbocycles. The molecule has 0 aliphatic heterocycles. The highest BCUT2D eigenvalue weighted by Crippen LogP contribution is 2.30. The summed E-state index contributed by atoms with van der Waals surface area (Å²) in [5.41, 5.74) is 1.41. The maximum atomic E-state index is 11.8. The van der Waals surface area contributed by atoms with E-state index in [1.807, 2.05) is 52.8 Å². The lowest BCUT2D eigenvalue weighted by Crippen LogP contribution is -2.33. The molecule has 1 N–H and O–H groups in total. The van der Waals surface area contributed by atoms with E-state index in [0.717, 1.165) is 21.0 Å². The van der Waals surface area contributed by atoms with Gasteiger partial charge in [0, 0.05) is 9.86 Å². The van der Waals surface area contributed by atoms with Gasteiger partial charge in [0.1, 0.15) is 16.9 Å². The number of ether oxygens (including phenoxy) is 1. The van der Waals surface area contributed by atoms with E-state index in [1.54, 1.807) is 0 Å². The second-order valence-corrected chi connectivity index (χ2v) is 6.96. The van der Waals surface area contributed by atoms with Crippen molar-refractivity contribution < 1.29 is 13.9 Å². The SMILES string of the molecule is Cc1c(Br)ccc2oc(C(C)NC(=O)OC(C)(C)C)cc12. The van der Waals surface area contributed by atoms with Crippen LogP contribution in [0.25, 0.3) is 11.0 Å². The summed E-state index contributed by atoms with van der Waals surface area (Å²) in [5, 5.41) is 3.82. The van der Waals surface area contributed by atoms with Crippen LogP contribution in [0.1, 0.15) is 45.1 Å². The van der Waals surface area contributed by atoms with Crippen molar-refractivity contribution in [1.82, 2.24) is 5.32 Å². The number of hydrogen-bond donors (Lipinski definition) is 1. The van der Waals surface area contributed by atoms with Crippen LogP contribution in [0.4, 0.5) is 4.79 Å². The number of halogens is 1. The molecule has 1 unspecified atom stereocenters. The van der Waals surface area contributed by atoms with Crippen molar-refractivity contribution in [2.24, 2.45) is 0 Å². The van der Waals surface area contributed by atoms with Gasteiger partial charge in [0.2, 0.25) is 0 Å². The van der Waals surface area contributed by atoms with Gasteiger partial charge in [-0.25, -0.2) is 4.79 Å². The minimum absolute atomic E-state index is 0.259. The van der Waals surface area contributed by atoms with Crippen molar-refractivity contribution in [3.05, 3.63) is 34.0 Å². The van der Waals surface area contributed by atoms with Crippen molar-refractivity contribution in [1.29, 1.82) is 0 Å². The van der Waals surface area contributed by atoms with Crippen LogP contribution < -0.4 is 5.32 Å². The summed E-state index contributed by atoms with van der Waals surface area (Å²) in [4.78, 5) is 11.8. The Hall–Kier alpha value is -1.49. The van der Waals surface area contributed by atoms with Gasteiger partial charge in [-0.15, -0.1) is 0 Å². The Kier molecular flexibility index (Phi) is 4.33. The Labute approximate surface area is 133 Å². The number of benzene rings is 1. The fourth-order valence-corrected chi connectivity index (χ4v) is 2.36. The average Bonchev–Trinajstić information content (AvgIpc) is 2.76. The van der Waals surface area contributed by atoms with E-state index in [4.69, 9.17) is 9.15 Å². The molecular formula is C16H20BrNO3. The highest BCUT2D eigenvalue weighted by molar-refractivity contribution is 9.10. The molecule has 1 heterocycles. The van der Waals surface area contributed by atoms with E-state index in [-0.39, 0.29) is 6.04 Å². The van der Waals surface area contributed by atoms with Crippen LogP contribution in [0.2, 0.25) is 0 Å². The number of nitrogens with one attached hydrogen (secondary N) is 1. The van der Waals surface area contributed by atoms with E-state index in [2.05, 4.69) is 21.2 Å². The summed E-state index contributed by atoms with van der Waals surface area (Å²) in [6.07, 6.45) is -0.451. The highest BCUT2D eigenvalue weighted by Gasteiger charge is 2.20. The van der Waals surface area contributed by atoms with Gasteiger partial charge in [0.05, 0.1) is 6.04 Å². The van der Waals surface area contributed by atoms with Crippen LogP contribution in [-0.2, 0) is 4.74 Å². The van der Waals surface area contributed by atoms with Gasteiger partial charge in [-0.3, -0.25) is 0 Å². The number of fused-ring (bicyclic) bond motifs is 1. The number of hydrogen-bond acceptors (Lipinski definition) is 3. The number of carbonyl (C=O) groups excluding carboxylic acids is 1. The van der Waals surface area contributed by atoms with Gasteiger partial charge < -0.3 is 14.5 Å². The predicted octanol–water partition coefficient (Wildman–Crippen LogP) is 5.09. The summed E-state index contributed by atoms with van der Waals surface area (Å²) >= 11 is 3.50. The van der Waals surface area contributed by atoms with Gasteiger partial charge in [0.25, 0.3) is 0 Å². The molecule has 1 atom stereocenters. The molecule has 0 saturated heterocycles. The number of rotatable bonds is 2. The number of furan rings is 1. The summed E-state index contributed by atoms with van der Waals surface area (Å²) in [5.74, 6) is 0.706. The van der Waals surface area contributed by atoms with Gasteiger partial charge in [-0.05, 0) is 58.4 Å². The number of amides is 1. The molecule has 1 aromatic carbocycles. The molecule has 5 heteroatoms. The van der Waals surface area contributed by atoms with E-state index in [9.17, 15) is 4.79 Å². The maximum absolute atomic E-state index is 11.8. The first-order chi connectivity index (χ1) is 9.67. The molecule has 0 saturated carbocycles. The molecule has 0 bridgehead atoms. The first-order valence-corrected chi connectivity index (χ1v) is 7.65. The van der Waals surface area contributed by atoms with Crippen LogP contribution in [0.15, 0.2) is 27.1 Å². The molecule has 4 nitrogen and oxygen atoms in total. The Morgan fingerprint density at radius 1 is 1.38 bits per heavy atom. The van der Waals surface area contributed by atoms with E-state index in [0.29, 0.717) is 5.76 Å². The van der Waals surface area contributed by atoms with Gasteiger partial charge in [0.15, 0.2) is 0 Å². The van der Waals surface area contributed by atoms with Crippen molar-refractivity contribution in [3.63, 3.8) is 0 Å². The van der Waals surface area contributed by atoms with Crippen LogP contribution in [0.5, 0.6) is 0 Å². The fourth-order valence-electron chi connectivity index (χ4n) is 2.01. The lowest BCUT2D eigenvalue weighted by molar-refractivity contribution is 0.0502. The van der Waals surface area contributed by atoms with Gasteiger partial charge >= 0.3 is 6.09 Å². The van der Waals surface area contributed by atoms with Crippen LogP contribution >= 0.6 is 15.9 Å². The summed E-state index contributed by atoms with van der Waals surface area (Å²) in [6.45, 7) is 9.39. The molecule has 1 aromatic heterocycles. The molecule has 0 fully saturated rings. The fraction of sp³-hybridized carbons (Fsp3) is 0.438. The molecule has 0 aliphatic rings. The molecule has 0 radical (unpaired) electrons. The molecule has 114 valence electrons. The number of carbonyl (C=O) groups is 1. The van der Waals surface area contributed by atoms with E-state index in [1.165, 1.54) is 0 Å². The Morgan fingerprint density at radius 2 is 2.05 bits per heavy atom. The first-order valence-electron chi connectivity index (χ1n) is 6.85. The quantitative estimate of drug-likeness (QED) is 0.817. The lowest BCUT2D eigenvalue weighted by Gasteiger charge is -2.21. The standard InChI is InChI=1S/C16H20BrNO3/c1-9-11-8-14(20-13(11)7-6-12(9)17)10(2)18-15(19)21-16(3,4)5/h6-8,10H,1-5H3,(H,18,19). The second-order valence-electron chi connectivity index (χ2n) is 6.10. The van der Waals surface area contributed by atoms with E-state index < -0.39 is 11.7 Å². The van der Waals surface area contributed by atoms with Crippen molar-refractivity contribution in [3.8, 4) is 0 Å². The summed E-state index contributed by atoms with van der Waals surface area (Å²) < 4.78 is 12.1. The zero-order valence-electron chi connectivity index (χ0n) is 12.9. The van der Waals surface area contributed by atoms with Crippen molar-refractivity contribution >= 4 is 33.0 Å². The van der Waals surface area contributed by atoms with Crippen LogP contribution in [-0.4, -0.2) is 11.7 Å². The molecule has 1 amide bonds. The minimum atomic E-state index is -0.515. The molecule has 2 aromatic rings. The minimum Gasteiger partial charge on any atom is -0.459 e. The van der Waals surface area contributed by atoms with Crippen LogP contribution in [0.3, 0.4) is 0 Å². The smallest absolute Gasteiger partial charge is 0.408 e. The average molecular weight is 354 g/mol. The van der Waals surface area contributed by atoms with Crippen molar-refractivity contribution in [2.75, 3.05) is 0 Å². The van der Waals surface area contributed by atoms with Crippen molar-refractivity contribution in [2.45, 2.75) is 46.3 Å². The topological polar surface area (TPSA) is 51.5 Å². The highest BCUT2D eigenvalue weighted by atomic mass is 79.9. The third-order valence-corrected chi connectivity index (χ3v) is 3.94. The second kappa shape index (κ2) is 5.72. The largest absolute Gasteiger partial charge is 0.459 e. The summed E-state index contributed by atoms with van der Waals surface area (Å²) in [6, 6.07) is 5.57. The normalized spacial score (nSPS) is 13.2. The zero-order chi connectivity index (χ0) is 15.8. The Bertz CT molecular complexity index is 670. The lowest BCUT2D eigenvalue weighted by atomic mass is 10.1. The number of alkyl carbamates (subject to hydrolysis) is 1. The van der Waals surface area contributed by atoms with Crippen LogP contribution in [0, 0.1) is 6.92 Å². The summed E-state index contributed by atoms with van der Waals surface area (Å²) in [7, 11) is 0. The monoisotopic (exact) mass is 353 g/mol. The Balaban J connectivity index is 2.18. The molecule has 0 spiro atoms. The molecule has 21 heavy (non-hydrogen) atoms. The predicted molar refractivity (Wildman–Crippen MR) is 86.4 cm³/mol. The zero-order valence-corrected chi connectivity index (χ0v) is 14.5. The number of aryl methyl sites for hydroxylation is 1.